The van der Waals surface area contributed by atoms with Gasteiger partial charge in [-0.05, 0) is 67.5 Å². The molecular weight excluding hydrogens is 498 g/mol. The van der Waals surface area contributed by atoms with Crippen LogP contribution in [0.2, 0.25) is 0 Å². The number of nitrogens with one attached hydrogen (secondary N) is 1. The molecule has 37 heavy (non-hydrogen) atoms. The molecule has 1 amide bonds. The van der Waals surface area contributed by atoms with Crippen molar-refractivity contribution in [2.45, 2.75) is 44.1 Å². The molecule has 0 saturated carbocycles. The molecule has 2 aromatic carbocycles. The Bertz CT molecular complexity index is 1390. The molecule has 10 heteroatoms. The monoisotopic (exact) mass is 525 g/mol. The average Bonchev–Trinajstić information content (AvgIpc) is 3.36. The standard InChI is InChI=1S/C27H27NO8S/c1-3-5-19-14-18(16-29)6-12-23(19)36-26(20-7-13-24-25(15-20)35-17-34-24)27(30)28-37(31,32)22-10-8-21(9-11-22)33-4-2/h7-15,26H,3-6,17H2,1-2H3,(H,28,30). The van der Waals surface area contributed by atoms with Gasteiger partial charge >= 0.3 is 0 Å². The minimum atomic E-state index is -4.21. The van der Waals surface area contributed by atoms with E-state index in [1.807, 2.05) is 19.8 Å². The summed E-state index contributed by atoms with van der Waals surface area (Å²) in [6.07, 6.45) is 3.70. The van der Waals surface area contributed by atoms with E-state index in [1.54, 1.807) is 30.4 Å². The van der Waals surface area contributed by atoms with Crippen LogP contribution < -0.4 is 18.9 Å². The van der Waals surface area contributed by atoms with Crippen LogP contribution in [0.4, 0.5) is 0 Å². The van der Waals surface area contributed by atoms with E-state index in [2.05, 4.69) is 4.72 Å². The summed E-state index contributed by atoms with van der Waals surface area (Å²) in [5.41, 5.74) is 1.56. The second kappa shape index (κ2) is 11.4. The number of benzene rings is 2. The van der Waals surface area contributed by atoms with E-state index >= 15 is 0 Å². The molecule has 9 nitrogen and oxygen atoms in total. The molecule has 0 spiro atoms. The molecule has 4 rings (SSSR count). The van der Waals surface area contributed by atoms with Gasteiger partial charge in [-0.1, -0.05) is 19.4 Å². The molecule has 0 radical (unpaired) electrons. The third-order valence-electron chi connectivity index (χ3n) is 5.69. The zero-order valence-electron chi connectivity index (χ0n) is 20.5. The zero-order valence-corrected chi connectivity index (χ0v) is 21.3. The number of fused-ring (bicyclic) bond motifs is 1. The van der Waals surface area contributed by atoms with E-state index in [-0.39, 0.29) is 18.1 Å². The highest BCUT2D eigenvalue weighted by Crippen LogP contribution is 2.37. The number of allylic oxidation sites excluding steroid dienone is 4. The van der Waals surface area contributed by atoms with Gasteiger partial charge < -0.3 is 18.9 Å². The van der Waals surface area contributed by atoms with Gasteiger partial charge in [0.25, 0.3) is 15.9 Å². The highest BCUT2D eigenvalue weighted by atomic mass is 32.2. The highest BCUT2D eigenvalue weighted by molar-refractivity contribution is 7.90. The molecule has 0 fully saturated rings. The van der Waals surface area contributed by atoms with Gasteiger partial charge in [-0.25, -0.2) is 17.9 Å². The number of ether oxygens (including phenoxy) is 4. The Labute approximate surface area is 215 Å². The number of carbonyl (C=O) groups is 1. The Hall–Kier alpha value is -4.01. The molecule has 2 aliphatic rings. The molecule has 1 heterocycles. The fourth-order valence-corrected chi connectivity index (χ4v) is 4.92. The van der Waals surface area contributed by atoms with Crippen molar-refractivity contribution in [3.63, 3.8) is 0 Å². The zero-order chi connectivity index (χ0) is 26.4. The maximum atomic E-state index is 13.4. The number of sulfonamides is 1. The predicted molar refractivity (Wildman–Crippen MR) is 134 cm³/mol. The van der Waals surface area contributed by atoms with Crippen molar-refractivity contribution in [2.24, 2.45) is 0 Å². The van der Waals surface area contributed by atoms with Crippen LogP contribution in [0.1, 0.15) is 44.8 Å². The first-order valence-corrected chi connectivity index (χ1v) is 13.3. The number of hydrogen-bond acceptors (Lipinski definition) is 8. The molecule has 2 aromatic rings. The number of hydrogen-bond donors (Lipinski definition) is 1. The summed E-state index contributed by atoms with van der Waals surface area (Å²) in [5.74, 6) is 2.85. The topological polar surface area (TPSA) is 117 Å². The summed E-state index contributed by atoms with van der Waals surface area (Å²) >= 11 is 0. The lowest BCUT2D eigenvalue weighted by Crippen LogP contribution is -2.35. The molecule has 0 aromatic heterocycles. The van der Waals surface area contributed by atoms with E-state index < -0.39 is 22.0 Å². The van der Waals surface area contributed by atoms with Crippen molar-refractivity contribution in [3.8, 4) is 17.2 Å². The Morgan fingerprint density at radius 2 is 1.86 bits per heavy atom. The molecule has 1 unspecified atom stereocenters. The smallest absolute Gasteiger partial charge is 0.279 e. The van der Waals surface area contributed by atoms with Crippen molar-refractivity contribution >= 4 is 21.9 Å². The van der Waals surface area contributed by atoms with Crippen molar-refractivity contribution in [1.82, 2.24) is 4.72 Å². The van der Waals surface area contributed by atoms with Crippen LogP contribution in [0, 0.1) is 0 Å². The Morgan fingerprint density at radius 3 is 2.57 bits per heavy atom. The molecule has 1 aliphatic carbocycles. The van der Waals surface area contributed by atoms with E-state index in [0.717, 1.165) is 12.0 Å². The van der Waals surface area contributed by atoms with Crippen LogP contribution in [-0.4, -0.2) is 33.7 Å². The minimum absolute atomic E-state index is 0.0397. The third kappa shape index (κ3) is 6.04. The summed E-state index contributed by atoms with van der Waals surface area (Å²) in [5, 5.41) is 0. The van der Waals surface area contributed by atoms with Crippen LogP contribution in [0.25, 0.3) is 0 Å². The van der Waals surface area contributed by atoms with Crippen molar-refractivity contribution in [3.05, 3.63) is 77.1 Å². The minimum Gasteiger partial charge on any atom is -0.494 e. The van der Waals surface area contributed by atoms with Crippen LogP contribution in [0.5, 0.6) is 17.2 Å². The van der Waals surface area contributed by atoms with Crippen LogP contribution >= 0.6 is 0 Å². The van der Waals surface area contributed by atoms with Gasteiger partial charge in [-0.15, -0.1) is 0 Å². The maximum Gasteiger partial charge on any atom is 0.279 e. The molecule has 0 bridgehead atoms. The molecule has 1 aliphatic heterocycles. The van der Waals surface area contributed by atoms with Crippen LogP contribution in [-0.2, 0) is 24.3 Å². The maximum absolute atomic E-state index is 13.4. The number of rotatable bonds is 10. The van der Waals surface area contributed by atoms with Gasteiger partial charge in [0.2, 0.25) is 12.9 Å². The second-order valence-corrected chi connectivity index (χ2v) is 9.99. The first kappa shape index (κ1) is 26.1. The normalized spacial score (nSPS) is 15.2. The van der Waals surface area contributed by atoms with E-state index in [4.69, 9.17) is 18.9 Å². The first-order valence-electron chi connectivity index (χ1n) is 11.9. The van der Waals surface area contributed by atoms with E-state index in [0.29, 0.717) is 47.2 Å². The number of amides is 1. The molecule has 0 saturated heterocycles. The van der Waals surface area contributed by atoms with Crippen molar-refractivity contribution < 1.29 is 37.0 Å². The fraction of sp³-hybridized carbons (Fsp3) is 0.296. The molecule has 1 atom stereocenters. The molecule has 194 valence electrons. The summed E-state index contributed by atoms with van der Waals surface area (Å²) in [4.78, 5) is 24.5. The molecule has 1 N–H and O–H groups in total. The Balaban J connectivity index is 1.64. The lowest BCUT2D eigenvalue weighted by Gasteiger charge is -2.24. The predicted octanol–water partition coefficient (Wildman–Crippen LogP) is 4.15. The van der Waals surface area contributed by atoms with Gasteiger partial charge in [0.1, 0.15) is 17.5 Å². The van der Waals surface area contributed by atoms with Crippen LogP contribution in [0.15, 0.2) is 76.4 Å². The summed E-state index contributed by atoms with van der Waals surface area (Å²) in [6, 6.07) is 10.6. The van der Waals surface area contributed by atoms with Crippen molar-refractivity contribution in [1.29, 1.82) is 0 Å². The molecular formula is C27H27NO8S. The van der Waals surface area contributed by atoms with Gasteiger partial charge in [-0.2, -0.15) is 0 Å². The highest BCUT2D eigenvalue weighted by Gasteiger charge is 2.31. The second-order valence-electron chi connectivity index (χ2n) is 8.30. The summed E-state index contributed by atoms with van der Waals surface area (Å²) in [6.45, 7) is 4.27. The lowest BCUT2D eigenvalue weighted by molar-refractivity contribution is -0.128. The summed E-state index contributed by atoms with van der Waals surface area (Å²) in [7, 11) is -4.21. The Kier molecular flexibility index (Phi) is 8.01. The first-order chi connectivity index (χ1) is 17.8. The Morgan fingerprint density at radius 1 is 1.11 bits per heavy atom. The van der Waals surface area contributed by atoms with Gasteiger partial charge in [0.05, 0.1) is 11.5 Å². The SMILES string of the molecule is CCCC1=CC(=C=O)CC=C1OC(C(=O)NS(=O)(=O)c1ccc(OCC)cc1)c1ccc2c(c1)OCO2. The fourth-order valence-electron chi connectivity index (χ4n) is 3.94. The largest absolute Gasteiger partial charge is 0.494 e. The van der Waals surface area contributed by atoms with E-state index in [9.17, 15) is 18.0 Å². The third-order valence-corrected chi connectivity index (χ3v) is 7.05. The average molecular weight is 526 g/mol. The van der Waals surface area contributed by atoms with Gasteiger partial charge in [0.15, 0.2) is 11.5 Å². The van der Waals surface area contributed by atoms with Crippen molar-refractivity contribution in [2.75, 3.05) is 13.4 Å². The van der Waals surface area contributed by atoms with Gasteiger partial charge in [-0.3, -0.25) is 4.79 Å². The summed E-state index contributed by atoms with van der Waals surface area (Å²) < 4.78 is 50.5. The number of carbonyl (C=O) groups excluding carboxylic acids is 2. The quantitative estimate of drug-likeness (QED) is 0.460. The van der Waals surface area contributed by atoms with Crippen LogP contribution in [0.3, 0.4) is 0 Å². The van der Waals surface area contributed by atoms with E-state index in [1.165, 1.54) is 24.3 Å². The van der Waals surface area contributed by atoms with Gasteiger partial charge in [0, 0.05) is 17.6 Å². The lowest BCUT2D eigenvalue weighted by atomic mass is 9.97.